The van der Waals surface area contributed by atoms with Crippen molar-refractivity contribution in [3.63, 3.8) is 0 Å². The highest BCUT2D eigenvalue weighted by Gasteiger charge is 2.32. The van der Waals surface area contributed by atoms with Crippen molar-refractivity contribution in [1.29, 1.82) is 0 Å². The number of furan rings is 1. The lowest BCUT2D eigenvalue weighted by atomic mass is 10.1. The molecule has 3 rings (SSSR count). The second kappa shape index (κ2) is 4.78. The highest BCUT2D eigenvalue weighted by atomic mass is 35.5. The van der Waals surface area contributed by atoms with E-state index in [0.29, 0.717) is 5.56 Å². The van der Waals surface area contributed by atoms with Crippen LogP contribution in [0.2, 0.25) is 5.22 Å². The van der Waals surface area contributed by atoms with Crippen molar-refractivity contribution < 1.29 is 9.21 Å². The first-order chi connectivity index (χ1) is 8.77. The molecule has 2 aromatic rings. The fraction of sp³-hybridized carbons (Fsp3) is 0.308. The molecule has 0 aromatic carbocycles. The third kappa shape index (κ3) is 1.95. The molecule has 0 aliphatic carbocycles. The van der Waals surface area contributed by atoms with Gasteiger partial charge in [0.25, 0.3) is 5.91 Å². The van der Waals surface area contributed by atoms with Crippen molar-refractivity contribution in [2.75, 3.05) is 6.54 Å². The van der Waals surface area contributed by atoms with Crippen molar-refractivity contribution in [1.82, 2.24) is 4.90 Å². The summed E-state index contributed by atoms with van der Waals surface area (Å²) in [6, 6.07) is 5.92. The largest absolute Gasteiger partial charge is 0.452 e. The maximum Gasteiger partial charge on any atom is 0.259 e. The molecule has 3 heterocycles. The van der Waals surface area contributed by atoms with Gasteiger partial charge in [0, 0.05) is 11.4 Å². The molecule has 0 bridgehead atoms. The number of likely N-dealkylation sites (tertiary alicyclic amines) is 1. The summed E-state index contributed by atoms with van der Waals surface area (Å²) in [6.07, 6.45) is 3.50. The first-order valence-corrected chi connectivity index (χ1v) is 7.10. The second-order valence-corrected chi connectivity index (χ2v) is 5.60. The van der Waals surface area contributed by atoms with E-state index < -0.39 is 0 Å². The Labute approximate surface area is 114 Å². The average Bonchev–Trinajstić information content (AvgIpc) is 3.09. The minimum atomic E-state index is -0.0374. The van der Waals surface area contributed by atoms with Crippen LogP contribution in [-0.2, 0) is 0 Å². The van der Waals surface area contributed by atoms with Crippen LogP contribution in [0.25, 0.3) is 0 Å². The molecule has 1 saturated heterocycles. The molecule has 0 saturated carbocycles. The molecule has 1 unspecified atom stereocenters. The number of carbonyl (C=O) groups is 1. The predicted molar refractivity (Wildman–Crippen MR) is 71.0 cm³/mol. The molecular weight excluding hydrogens is 270 g/mol. The van der Waals surface area contributed by atoms with Crippen LogP contribution in [-0.4, -0.2) is 17.4 Å². The van der Waals surface area contributed by atoms with Gasteiger partial charge in [-0.3, -0.25) is 4.79 Å². The maximum absolute atomic E-state index is 12.4. The Kier molecular flexibility index (Phi) is 3.14. The van der Waals surface area contributed by atoms with E-state index in [1.165, 1.54) is 11.1 Å². The summed E-state index contributed by atoms with van der Waals surface area (Å²) in [5, 5.41) is 2.22. The van der Waals surface area contributed by atoms with Gasteiger partial charge in [0.15, 0.2) is 0 Å². The fourth-order valence-electron chi connectivity index (χ4n) is 2.39. The maximum atomic E-state index is 12.4. The minimum Gasteiger partial charge on any atom is -0.452 e. The van der Waals surface area contributed by atoms with Crippen molar-refractivity contribution in [2.45, 2.75) is 18.9 Å². The Bertz CT molecular complexity index is 549. The molecule has 0 radical (unpaired) electrons. The van der Waals surface area contributed by atoms with Gasteiger partial charge in [0.2, 0.25) is 5.22 Å². The Morgan fingerprint density at radius 3 is 3.06 bits per heavy atom. The number of hydrogen-bond donors (Lipinski definition) is 0. The van der Waals surface area contributed by atoms with Gasteiger partial charge in [-0.05, 0) is 42.0 Å². The number of rotatable bonds is 2. The van der Waals surface area contributed by atoms with Crippen LogP contribution in [0.4, 0.5) is 0 Å². The van der Waals surface area contributed by atoms with E-state index in [1.807, 2.05) is 16.3 Å². The Balaban J connectivity index is 1.88. The number of carbonyl (C=O) groups excluding carboxylic acids is 1. The molecule has 0 N–H and O–H groups in total. The molecule has 0 spiro atoms. The highest BCUT2D eigenvalue weighted by Crippen LogP contribution is 2.36. The molecule has 1 aliphatic heterocycles. The third-order valence-electron chi connectivity index (χ3n) is 3.23. The van der Waals surface area contributed by atoms with Crippen molar-refractivity contribution in [2.24, 2.45) is 0 Å². The van der Waals surface area contributed by atoms with Gasteiger partial charge in [0.05, 0.1) is 17.9 Å². The number of amides is 1. The Hall–Kier alpha value is -1.26. The molecule has 94 valence electrons. The lowest BCUT2D eigenvalue weighted by Gasteiger charge is -2.23. The van der Waals surface area contributed by atoms with Crippen LogP contribution in [0, 0.1) is 0 Å². The van der Waals surface area contributed by atoms with Crippen LogP contribution in [0.15, 0.2) is 34.3 Å². The Morgan fingerprint density at radius 1 is 1.50 bits per heavy atom. The normalized spacial score (nSPS) is 19.4. The van der Waals surface area contributed by atoms with Gasteiger partial charge in [0.1, 0.15) is 0 Å². The van der Waals surface area contributed by atoms with Crippen molar-refractivity contribution in [3.8, 4) is 0 Å². The van der Waals surface area contributed by atoms with E-state index >= 15 is 0 Å². The molecule has 3 nitrogen and oxygen atoms in total. The van der Waals surface area contributed by atoms with E-state index in [2.05, 4.69) is 6.07 Å². The second-order valence-electron chi connectivity index (χ2n) is 4.28. The number of hydrogen-bond acceptors (Lipinski definition) is 3. The van der Waals surface area contributed by atoms with Crippen LogP contribution in [0.3, 0.4) is 0 Å². The molecular formula is C13H12ClNO2S. The fourth-order valence-corrected chi connectivity index (χ4v) is 3.46. The van der Waals surface area contributed by atoms with E-state index in [9.17, 15) is 4.79 Å². The average molecular weight is 282 g/mol. The van der Waals surface area contributed by atoms with Gasteiger partial charge in [-0.15, -0.1) is 11.3 Å². The molecule has 5 heteroatoms. The van der Waals surface area contributed by atoms with Crippen LogP contribution < -0.4 is 0 Å². The summed E-state index contributed by atoms with van der Waals surface area (Å²) in [6.45, 7) is 0.781. The van der Waals surface area contributed by atoms with Gasteiger partial charge in [-0.25, -0.2) is 0 Å². The van der Waals surface area contributed by atoms with Gasteiger partial charge in [-0.2, -0.15) is 0 Å². The SMILES string of the molecule is O=C(c1ccoc1Cl)N1CCCC1c1cccs1. The van der Waals surface area contributed by atoms with E-state index in [1.54, 1.807) is 17.4 Å². The minimum absolute atomic E-state index is 0.0374. The van der Waals surface area contributed by atoms with E-state index in [-0.39, 0.29) is 17.2 Å². The lowest BCUT2D eigenvalue weighted by Crippen LogP contribution is -2.30. The monoisotopic (exact) mass is 281 g/mol. The molecule has 18 heavy (non-hydrogen) atoms. The number of thiophene rings is 1. The topological polar surface area (TPSA) is 33.5 Å². The van der Waals surface area contributed by atoms with E-state index in [4.69, 9.17) is 16.0 Å². The van der Waals surface area contributed by atoms with Gasteiger partial charge >= 0.3 is 0 Å². The van der Waals surface area contributed by atoms with Crippen LogP contribution >= 0.6 is 22.9 Å². The molecule has 2 aromatic heterocycles. The zero-order valence-corrected chi connectivity index (χ0v) is 11.2. The van der Waals surface area contributed by atoms with Crippen molar-refractivity contribution >= 4 is 28.8 Å². The predicted octanol–water partition coefficient (Wildman–Crippen LogP) is 3.97. The quantitative estimate of drug-likeness (QED) is 0.834. The summed E-state index contributed by atoms with van der Waals surface area (Å²) in [7, 11) is 0. The highest BCUT2D eigenvalue weighted by molar-refractivity contribution is 7.10. The lowest BCUT2D eigenvalue weighted by molar-refractivity contribution is 0.0737. The standard InChI is InChI=1S/C13H12ClNO2S/c14-12-9(5-7-17-12)13(16)15-6-1-3-10(15)11-4-2-8-18-11/h2,4-5,7-8,10H,1,3,6H2. The zero-order chi connectivity index (χ0) is 12.5. The summed E-state index contributed by atoms with van der Waals surface area (Å²) in [5.41, 5.74) is 0.458. The summed E-state index contributed by atoms with van der Waals surface area (Å²) >= 11 is 7.57. The zero-order valence-electron chi connectivity index (χ0n) is 9.64. The van der Waals surface area contributed by atoms with Crippen molar-refractivity contribution in [3.05, 3.63) is 45.5 Å². The summed E-state index contributed by atoms with van der Waals surface area (Å²) in [4.78, 5) is 15.5. The van der Waals surface area contributed by atoms with E-state index in [0.717, 1.165) is 19.4 Å². The third-order valence-corrected chi connectivity index (χ3v) is 4.50. The summed E-state index contributed by atoms with van der Waals surface area (Å²) in [5.74, 6) is -0.0374. The first kappa shape index (κ1) is 11.8. The number of nitrogens with zero attached hydrogens (tertiary/aromatic N) is 1. The first-order valence-electron chi connectivity index (χ1n) is 5.85. The van der Waals surface area contributed by atoms with Crippen LogP contribution in [0.5, 0.6) is 0 Å². The number of halogens is 1. The smallest absolute Gasteiger partial charge is 0.259 e. The summed E-state index contributed by atoms with van der Waals surface area (Å²) < 4.78 is 4.99. The van der Waals surface area contributed by atoms with Gasteiger partial charge < -0.3 is 9.32 Å². The molecule has 1 aliphatic rings. The van der Waals surface area contributed by atoms with Gasteiger partial charge in [-0.1, -0.05) is 6.07 Å². The molecule has 1 fully saturated rings. The van der Waals surface area contributed by atoms with Crippen LogP contribution in [0.1, 0.15) is 34.1 Å². The molecule has 1 atom stereocenters. The molecule has 1 amide bonds. The Morgan fingerprint density at radius 2 is 2.39 bits per heavy atom.